The average Bonchev–Trinajstić information content (AvgIpc) is 3.42. The maximum Gasteiger partial charge on any atom is 0.256 e. The number of amides is 1. The smallest absolute Gasteiger partial charge is 0.256 e. The summed E-state index contributed by atoms with van der Waals surface area (Å²) in [6.07, 6.45) is 0. The van der Waals surface area contributed by atoms with Gasteiger partial charge in [-0.25, -0.2) is 9.37 Å². The average molecular weight is 502 g/mol. The van der Waals surface area contributed by atoms with E-state index < -0.39 is 11.9 Å². The molecular formula is C22H17BrFN3O3S. The molecule has 2 aromatic heterocycles. The maximum absolute atomic E-state index is 14.4. The minimum Gasteiger partial charge on any atom is -0.467 e. The van der Waals surface area contributed by atoms with Crippen LogP contribution < -0.4 is 4.74 Å². The Bertz CT molecular complexity index is 1260. The first-order chi connectivity index (χ1) is 15.0. The second kappa shape index (κ2) is 8.07. The monoisotopic (exact) mass is 501 g/mol. The van der Waals surface area contributed by atoms with Crippen molar-refractivity contribution in [1.82, 2.24) is 14.9 Å². The molecule has 158 valence electrons. The van der Waals surface area contributed by atoms with E-state index in [9.17, 15) is 9.18 Å². The van der Waals surface area contributed by atoms with E-state index in [0.717, 1.165) is 19.7 Å². The fourth-order valence-electron chi connectivity index (χ4n) is 3.84. The Kier molecular flexibility index (Phi) is 5.25. The molecule has 1 unspecified atom stereocenters. The second-order valence-electron chi connectivity index (χ2n) is 7.10. The quantitative estimate of drug-likeness (QED) is 0.366. The summed E-state index contributed by atoms with van der Waals surface area (Å²) in [7, 11) is 1.51. The van der Waals surface area contributed by atoms with Crippen LogP contribution in [0.15, 0.2) is 52.3 Å². The lowest BCUT2D eigenvalue weighted by Crippen LogP contribution is -2.31. The Labute approximate surface area is 189 Å². The minimum atomic E-state index is -0.666. The molecule has 0 saturated carbocycles. The summed E-state index contributed by atoms with van der Waals surface area (Å²) in [5.74, 6) is 0.406. The number of rotatable bonds is 6. The molecule has 0 spiro atoms. The Balaban J connectivity index is 1.66. The number of methoxy groups -OCH3 is 1. The number of nitrogens with zero attached hydrogens (tertiary/aromatic N) is 2. The molecule has 0 aliphatic carbocycles. The number of nitrogens with one attached hydrogen (secondary N) is 1. The highest BCUT2D eigenvalue weighted by Crippen LogP contribution is 2.42. The van der Waals surface area contributed by atoms with Gasteiger partial charge in [0.2, 0.25) is 0 Å². The van der Waals surface area contributed by atoms with Gasteiger partial charge in [0.1, 0.15) is 23.4 Å². The van der Waals surface area contributed by atoms with Crippen molar-refractivity contribution in [2.24, 2.45) is 0 Å². The molecule has 0 fully saturated rings. The summed E-state index contributed by atoms with van der Waals surface area (Å²) >= 11 is 4.97. The van der Waals surface area contributed by atoms with Crippen molar-refractivity contribution in [1.29, 1.82) is 0 Å². The van der Waals surface area contributed by atoms with Gasteiger partial charge in [0.15, 0.2) is 6.79 Å². The standard InChI is InChI=1S/C22H17BrFN3O3S/c1-29-11-30-17-7-6-12(24)8-13(17)20(21-25-15-4-2-3-5-16(15)26-21)27-10-18-14(22(27)28)9-19(23)31-18/h2-9,20H,10-11H2,1H3,(H,25,26). The third kappa shape index (κ3) is 3.62. The number of hydrogen-bond donors (Lipinski definition) is 1. The number of aromatic nitrogens is 2. The first-order valence-corrected chi connectivity index (χ1v) is 11.1. The number of ether oxygens (including phenoxy) is 2. The normalized spacial score (nSPS) is 14.3. The molecule has 4 aromatic rings. The molecule has 1 N–H and O–H groups in total. The molecule has 3 heterocycles. The Hall–Kier alpha value is -2.75. The van der Waals surface area contributed by atoms with E-state index in [1.165, 1.54) is 30.6 Å². The van der Waals surface area contributed by atoms with Crippen LogP contribution in [0.5, 0.6) is 5.75 Å². The van der Waals surface area contributed by atoms with Gasteiger partial charge in [-0.1, -0.05) is 12.1 Å². The van der Waals surface area contributed by atoms with Crippen molar-refractivity contribution in [2.45, 2.75) is 12.6 Å². The fourth-order valence-corrected chi connectivity index (χ4v) is 5.52. The van der Waals surface area contributed by atoms with E-state index >= 15 is 0 Å². The first kappa shape index (κ1) is 20.2. The predicted molar refractivity (Wildman–Crippen MR) is 119 cm³/mol. The SMILES string of the molecule is COCOc1ccc(F)cc1C(c1nc2ccccc2[nH]1)N1Cc2sc(Br)cc2C1=O. The Morgan fingerprint density at radius 2 is 2.13 bits per heavy atom. The zero-order chi connectivity index (χ0) is 21.5. The predicted octanol–water partition coefficient (Wildman–Crippen LogP) is 5.25. The highest BCUT2D eigenvalue weighted by Gasteiger charge is 2.38. The molecular weight excluding hydrogens is 485 g/mol. The fraction of sp³-hybridized carbons (Fsp3) is 0.182. The number of thiophene rings is 1. The van der Waals surface area contributed by atoms with Crippen molar-refractivity contribution < 1.29 is 18.7 Å². The lowest BCUT2D eigenvalue weighted by Gasteiger charge is -2.28. The van der Waals surface area contributed by atoms with Gasteiger partial charge in [0.25, 0.3) is 5.91 Å². The van der Waals surface area contributed by atoms with Gasteiger partial charge in [0, 0.05) is 17.6 Å². The third-order valence-electron chi connectivity index (χ3n) is 5.16. The van der Waals surface area contributed by atoms with Crippen LogP contribution in [0.1, 0.15) is 32.7 Å². The van der Waals surface area contributed by atoms with E-state index in [-0.39, 0.29) is 12.7 Å². The minimum absolute atomic E-state index is 0.000282. The Morgan fingerprint density at radius 3 is 2.90 bits per heavy atom. The van der Waals surface area contributed by atoms with Gasteiger partial charge in [-0.2, -0.15) is 0 Å². The van der Waals surface area contributed by atoms with Crippen LogP contribution in [0.25, 0.3) is 11.0 Å². The van der Waals surface area contributed by atoms with Gasteiger partial charge in [0.05, 0.1) is 26.9 Å². The number of aromatic amines is 1. The van der Waals surface area contributed by atoms with E-state index in [2.05, 4.69) is 20.9 Å². The summed E-state index contributed by atoms with van der Waals surface area (Å²) in [6.45, 7) is 0.395. The second-order valence-corrected chi connectivity index (χ2v) is 9.61. The van der Waals surface area contributed by atoms with Crippen LogP contribution in [-0.4, -0.2) is 34.7 Å². The van der Waals surface area contributed by atoms with Crippen molar-refractivity contribution in [3.63, 3.8) is 0 Å². The van der Waals surface area contributed by atoms with Crippen molar-refractivity contribution in [3.05, 3.63) is 80.0 Å². The summed E-state index contributed by atoms with van der Waals surface area (Å²) in [6, 6.07) is 13.0. The molecule has 5 rings (SSSR count). The topological polar surface area (TPSA) is 67.5 Å². The summed E-state index contributed by atoms with van der Waals surface area (Å²) < 4.78 is 26.0. The summed E-state index contributed by atoms with van der Waals surface area (Å²) in [5, 5.41) is 0. The molecule has 1 atom stereocenters. The van der Waals surface area contributed by atoms with E-state index in [0.29, 0.717) is 29.2 Å². The van der Waals surface area contributed by atoms with E-state index in [1.54, 1.807) is 11.0 Å². The van der Waals surface area contributed by atoms with E-state index in [4.69, 9.17) is 14.5 Å². The number of carbonyl (C=O) groups is 1. The molecule has 0 saturated heterocycles. The van der Waals surface area contributed by atoms with Crippen molar-refractivity contribution in [2.75, 3.05) is 13.9 Å². The molecule has 1 aliphatic heterocycles. The van der Waals surface area contributed by atoms with Gasteiger partial charge in [-0.15, -0.1) is 11.3 Å². The molecule has 2 aromatic carbocycles. The molecule has 1 amide bonds. The van der Waals surface area contributed by atoms with Crippen LogP contribution >= 0.6 is 27.3 Å². The van der Waals surface area contributed by atoms with Gasteiger partial charge >= 0.3 is 0 Å². The number of halogens is 2. The zero-order valence-electron chi connectivity index (χ0n) is 16.4. The Morgan fingerprint density at radius 1 is 1.29 bits per heavy atom. The highest BCUT2D eigenvalue weighted by molar-refractivity contribution is 9.11. The van der Waals surface area contributed by atoms with Crippen LogP contribution in [0.2, 0.25) is 0 Å². The molecule has 0 radical (unpaired) electrons. The van der Waals surface area contributed by atoms with Gasteiger partial charge in [-0.3, -0.25) is 4.79 Å². The van der Waals surface area contributed by atoms with Crippen LogP contribution in [0.3, 0.4) is 0 Å². The largest absolute Gasteiger partial charge is 0.467 e. The number of carbonyl (C=O) groups excluding carboxylic acids is 1. The number of fused-ring (bicyclic) bond motifs is 2. The number of imidazole rings is 1. The molecule has 6 nitrogen and oxygen atoms in total. The molecule has 9 heteroatoms. The molecule has 31 heavy (non-hydrogen) atoms. The van der Waals surface area contributed by atoms with Crippen molar-refractivity contribution >= 4 is 44.2 Å². The van der Waals surface area contributed by atoms with E-state index in [1.807, 2.05) is 30.3 Å². The molecule has 0 bridgehead atoms. The van der Waals surface area contributed by atoms with Crippen LogP contribution in [0, 0.1) is 5.82 Å². The molecule has 1 aliphatic rings. The first-order valence-electron chi connectivity index (χ1n) is 9.50. The number of H-pyrrole nitrogens is 1. The number of benzene rings is 2. The van der Waals surface area contributed by atoms with Crippen molar-refractivity contribution in [3.8, 4) is 5.75 Å². The highest BCUT2D eigenvalue weighted by atomic mass is 79.9. The van der Waals surface area contributed by atoms with Gasteiger partial charge in [-0.05, 0) is 52.3 Å². The number of hydrogen-bond acceptors (Lipinski definition) is 5. The van der Waals surface area contributed by atoms with Gasteiger partial charge < -0.3 is 19.4 Å². The van der Waals surface area contributed by atoms with Crippen LogP contribution in [-0.2, 0) is 11.3 Å². The lowest BCUT2D eigenvalue weighted by molar-refractivity contribution is 0.0487. The summed E-state index contributed by atoms with van der Waals surface area (Å²) in [5.41, 5.74) is 2.75. The zero-order valence-corrected chi connectivity index (χ0v) is 18.8. The number of para-hydroxylation sites is 2. The lowest BCUT2D eigenvalue weighted by atomic mass is 10.0. The third-order valence-corrected chi connectivity index (χ3v) is 6.78. The maximum atomic E-state index is 14.4. The summed E-state index contributed by atoms with van der Waals surface area (Å²) in [4.78, 5) is 24.0. The van der Waals surface area contributed by atoms with Crippen LogP contribution in [0.4, 0.5) is 4.39 Å².